The van der Waals surface area contributed by atoms with Crippen molar-refractivity contribution in [3.8, 4) is 0 Å². The molecule has 1 aliphatic heterocycles. The lowest BCUT2D eigenvalue weighted by Gasteiger charge is -2.31. The Balaban J connectivity index is 1.67. The van der Waals surface area contributed by atoms with Crippen LogP contribution in [0.15, 0.2) is 0 Å². The van der Waals surface area contributed by atoms with E-state index in [2.05, 4.69) is 17.1 Å². The molecule has 0 radical (unpaired) electrons. The molecule has 0 bridgehead atoms. The van der Waals surface area contributed by atoms with E-state index in [0.717, 1.165) is 38.6 Å². The third-order valence-electron chi connectivity index (χ3n) is 4.68. The van der Waals surface area contributed by atoms with Gasteiger partial charge < -0.3 is 15.0 Å². The molecule has 1 atom stereocenters. The summed E-state index contributed by atoms with van der Waals surface area (Å²) in [5, 5.41) is 4.87. The first-order valence-electron chi connectivity index (χ1n) is 8.28. The van der Waals surface area contributed by atoms with Crippen molar-refractivity contribution in [3.63, 3.8) is 0 Å². The SMILES string of the molecule is CCNC1CCCc2nc(N3CCC(COC)CC3)sc21. The lowest BCUT2D eigenvalue weighted by atomic mass is 9.98. The molecule has 3 rings (SSSR count). The first-order chi connectivity index (χ1) is 10.3. The molecular weight excluding hydrogens is 282 g/mol. The van der Waals surface area contributed by atoms with Gasteiger partial charge in [0.05, 0.1) is 5.69 Å². The average Bonchev–Trinajstić information content (AvgIpc) is 2.94. The lowest BCUT2D eigenvalue weighted by molar-refractivity contribution is 0.139. The number of fused-ring (bicyclic) bond motifs is 1. The first-order valence-corrected chi connectivity index (χ1v) is 9.10. The van der Waals surface area contributed by atoms with Crippen molar-refractivity contribution in [2.24, 2.45) is 5.92 Å². The largest absolute Gasteiger partial charge is 0.384 e. The maximum absolute atomic E-state index is 5.29. The van der Waals surface area contributed by atoms with Crippen LogP contribution in [0, 0.1) is 5.92 Å². The van der Waals surface area contributed by atoms with Gasteiger partial charge in [-0.15, -0.1) is 0 Å². The number of nitrogens with one attached hydrogen (secondary N) is 1. The molecule has 4 nitrogen and oxygen atoms in total. The quantitative estimate of drug-likeness (QED) is 0.907. The number of aryl methyl sites for hydroxylation is 1. The zero-order valence-electron chi connectivity index (χ0n) is 13.2. The van der Waals surface area contributed by atoms with Crippen LogP contribution in [0.2, 0.25) is 0 Å². The number of hydrogen-bond acceptors (Lipinski definition) is 5. The molecule has 0 aromatic carbocycles. The van der Waals surface area contributed by atoms with Crippen LogP contribution in [0.4, 0.5) is 5.13 Å². The minimum absolute atomic E-state index is 0.538. The van der Waals surface area contributed by atoms with E-state index in [0.29, 0.717) is 6.04 Å². The third kappa shape index (κ3) is 3.41. The summed E-state index contributed by atoms with van der Waals surface area (Å²) in [5.41, 5.74) is 1.35. The Morgan fingerprint density at radius 1 is 1.33 bits per heavy atom. The third-order valence-corrected chi connectivity index (χ3v) is 5.95. The fourth-order valence-corrected chi connectivity index (χ4v) is 4.78. The number of aromatic nitrogens is 1. The summed E-state index contributed by atoms with van der Waals surface area (Å²) in [6.07, 6.45) is 6.15. The van der Waals surface area contributed by atoms with Gasteiger partial charge in [0.25, 0.3) is 0 Å². The molecule has 2 heterocycles. The maximum Gasteiger partial charge on any atom is 0.185 e. The van der Waals surface area contributed by atoms with Crippen LogP contribution in [0.3, 0.4) is 0 Å². The van der Waals surface area contributed by atoms with Crippen LogP contribution in [-0.4, -0.2) is 38.3 Å². The average molecular weight is 309 g/mol. The molecule has 118 valence electrons. The normalized spacial score (nSPS) is 23.3. The number of nitrogens with zero attached hydrogens (tertiary/aromatic N) is 2. The molecular formula is C16H27N3OS. The van der Waals surface area contributed by atoms with Crippen LogP contribution < -0.4 is 10.2 Å². The molecule has 2 aliphatic rings. The number of thiazole rings is 1. The maximum atomic E-state index is 5.29. The molecule has 1 saturated heterocycles. The van der Waals surface area contributed by atoms with Crippen LogP contribution in [0.5, 0.6) is 0 Å². The Morgan fingerprint density at radius 2 is 2.14 bits per heavy atom. The first kappa shape index (κ1) is 15.3. The Labute approximate surface area is 131 Å². The van der Waals surface area contributed by atoms with E-state index in [1.165, 1.54) is 41.4 Å². The molecule has 0 spiro atoms. The van der Waals surface area contributed by atoms with Gasteiger partial charge in [0.15, 0.2) is 5.13 Å². The molecule has 1 aromatic heterocycles. The summed E-state index contributed by atoms with van der Waals surface area (Å²) in [6, 6.07) is 0.538. The number of methoxy groups -OCH3 is 1. The Kier molecular flexibility index (Phi) is 5.14. The van der Waals surface area contributed by atoms with Crippen molar-refractivity contribution in [1.82, 2.24) is 10.3 Å². The summed E-state index contributed by atoms with van der Waals surface area (Å²) in [5.74, 6) is 0.732. The zero-order chi connectivity index (χ0) is 14.7. The molecule has 1 aromatic rings. The van der Waals surface area contributed by atoms with Crippen LogP contribution >= 0.6 is 11.3 Å². The van der Waals surface area contributed by atoms with Crippen LogP contribution in [0.25, 0.3) is 0 Å². The van der Waals surface area contributed by atoms with E-state index in [4.69, 9.17) is 9.72 Å². The van der Waals surface area contributed by atoms with Crippen molar-refractivity contribution < 1.29 is 4.74 Å². The van der Waals surface area contributed by atoms with Crippen LogP contribution in [-0.2, 0) is 11.2 Å². The minimum atomic E-state index is 0.538. The number of hydrogen-bond donors (Lipinski definition) is 1. The van der Waals surface area contributed by atoms with Gasteiger partial charge in [-0.3, -0.25) is 0 Å². The van der Waals surface area contributed by atoms with Gasteiger partial charge in [0.2, 0.25) is 0 Å². The predicted molar refractivity (Wildman–Crippen MR) is 88.3 cm³/mol. The van der Waals surface area contributed by atoms with Gasteiger partial charge in [0.1, 0.15) is 0 Å². The highest BCUT2D eigenvalue weighted by Gasteiger charge is 2.27. The molecule has 0 amide bonds. The van der Waals surface area contributed by atoms with Crippen molar-refractivity contribution in [2.45, 2.75) is 45.1 Å². The smallest absolute Gasteiger partial charge is 0.185 e. The highest BCUT2D eigenvalue weighted by molar-refractivity contribution is 7.15. The van der Waals surface area contributed by atoms with Gasteiger partial charge in [-0.2, -0.15) is 0 Å². The topological polar surface area (TPSA) is 37.4 Å². The summed E-state index contributed by atoms with van der Waals surface area (Å²) >= 11 is 1.93. The second-order valence-corrected chi connectivity index (χ2v) is 7.20. The van der Waals surface area contributed by atoms with Crippen molar-refractivity contribution in [1.29, 1.82) is 0 Å². The van der Waals surface area contributed by atoms with Gasteiger partial charge in [-0.1, -0.05) is 18.3 Å². The number of ether oxygens (including phenoxy) is 1. The molecule has 1 unspecified atom stereocenters. The van der Waals surface area contributed by atoms with Crippen molar-refractivity contribution in [2.75, 3.05) is 38.3 Å². The Morgan fingerprint density at radius 3 is 2.86 bits per heavy atom. The minimum Gasteiger partial charge on any atom is -0.384 e. The fourth-order valence-electron chi connectivity index (χ4n) is 3.51. The van der Waals surface area contributed by atoms with E-state index in [-0.39, 0.29) is 0 Å². The summed E-state index contributed by atoms with van der Waals surface area (Å²) in [4.78, 5) is 8.93. The second kappa shape index (κ2) is 7.07. The number of anilines is 1. The van der Waals surface area contributed by atoms with Crippen molar-refractivity contribution >= 4 is 16.5 Å². The second-order valence-electron chi connectivity index (χ2n) is 6.20. The van der Waals surface area contributed by atoms with Gasteiger partial charge in [0, 0.05) is 37.7 Å². The van der Waals surface area contributed by atoms with E-state index in [9.17, 15) is 0 Å². The highest BCUT2D eigenvalue weighted by atomic mass is 32.1. The highest BCUT2D eigenvalue weighted by Crippen LogP contribution is 2.38. The lowest BCUT2D eigenvalue weighted by Crippen LogP contribution is -2.34. The zero-order valence-corrected chi connectivity index (χ0v) is 14.0. The Bertz CT molecular complexity index is 454. The van der Waals surface area contributed by atoms with E-state index in [1.54, 1.807) is 0 Å². The Hall–Kier alpha value is -0.650. The van der Waals surface area contributed by atoms with E-state index < -0.39 is 0 Å². The summed E-state index contributed by atoms with van der Waals surface area (Å²) < 4.78 is 5.29. The molecule has 1 N–H and O–H groups in total. The van der Waals surface area contributed by atoms with Gasteiger partial charge >= 0.3 is 0 Å². The summed E-state index contributed by atoms with van der Waals surface area (Å²) in [7, 11) is 1.81. The number of rotatable bonds is 5. The van der Waals surface area contributed by atoms with Crippen molar-refractivity contribution in [3.05, 3.63) is 10.6 Å². The molecule has 1 aliphatic carbocycles. The fraction of sp³-hybridized carbons (Fsp3) is 0.812. The van der Waals surface area contributed by atoms with Gasteiger partial charge in [-0.05, 0) is 44.6 Å². The monoisotopic (exact) mass is 309 g/mol. The van der Waals surface area contributed by atoms with Gasteiger partial charge in [-0.25, -0.2) is 4.98 Å². The van der Waals surface area contributed by atoms with E-state index >= 15 is 0 Å². The summed E-state index contributed by atoms with van der Waals surface area (Å²) in [6.45, 7) is 6.40. The molecule has 1 fully saturated rings. The molecule has 0 saturated carbocycles. The molecule has 5 heteroatoms. The van der Waals surface area contributed by atoms with Crippen LogP contribution in [0.1, 0.15) is 49.2 Å². The number of piperidine rings is 1. The predicted octanol–water partition coefficient (Wildman–Crippen LogP) is 2.99. The molecule has 21 heavy (non-hydrogen) atoms. The van der Waals surface area contributed by atoms with E-state index in [1.807, 2.05) is 18.4 Å². The standard InChI is InChI=1S/C16H27N3OS/c1-3-17-13-5-4-6-14-15(13)21-16(18-14)19-9-7-12(8-10-19)11-20-2/h12-13,17H,3-11H2,1-2H3.